The number of pyridine rings is 1. The van der Waals surface area contributed by atoms with Crippen LogP contribution in [0.5, 0.6) is 0 Å². The van der Waals surface area contributed by atoms with Gasteiger partial charge in [-0.05, 0) is 30.9 Å². The van der Waals surface area contributed by atoms with Gasteiger partial charge in [-0.15, -0.1) is 0 Å². The van der Waals surface area contributed by atoms with Gasteiger partial charge in [-0.3, -0.25) is 15.0 Å². The van der Waals surface area contributed by atoms with Crippen molar-refractivity contribution in [1.29, 1.82) is 0 Å². The summed E-state index contributed by atoms with van der Waals surface area (Å²) >= 11 is 0. The number of anilines is 1. The van der Waals surface area contributed by atoms with Crippen molar-refractivity contribution in [2.45, 2.75) is 58.4 Å². The first kappa shape index (κ1) is 32.2. The van der Waals surface area contributed by atoms with Crippen LogP contribution in [-0.2, 0) is 22.6 Å². The first-order valence-electron chi connectivity index (χ1n) is 15.4. The maximum Gasteiger partial charge on any atom is 0.234 e. The number of benzene rings is 1. The monoisotopic (exact) mass is 593 g/mol. The molecule has 0 aliphatic heterocycles. The van der Waals surface area contributed by atoms with Crippen LogP contribution in [0, 0.1) is 0 Å². The molecule has 0 fully saturated rings. The maximum absolute atomic E-state index is 12.4. The number of carbonyl (C=O) groups excluding carboxylic acids is 2. The van der Waals surface area contributed by atoms with Crippen molar-refractivity contribution < 1.29 is 9.59 Å². The van der Waals surface area contributed by atoms with Gasteiger partial charge in [0.05, 0.1) is 11.0 Å². The minimum absolute atomic E-state index is 0.109. The molecular formula is C35H43N7O2. The van der Waals surface area contributed by atoms with E-state index in [4.69, 9.17) is 10.7 Å². The van der Waals surface area contributed by atoms with E-state index in [1.807, 2.05) is 85.0 Å². The Morgan fingerprint density at radius 2 is 1.59 bits per heavy atom. The number of unbranched alkanes of at least 4 members (excludes halogenated alkanes) is 2. The predicted octanol–water partition coefficient (Wildman–Crippen LogP) is 5.53. The number of allylic oxidation sites excluding steroid dienone is 10. The molecule has 0 saturated carbocycles. The van der Waals surface area contributed by atoms with Gasteiger partial charge in [-0.1, -0.05) is 98.4 Å². The lowest BCUT2D eigenvalue weighted by atomic mass is 10.2. The standard InChI is InChI=1S/C35H43N7O2/c1-2-3-21-30-40-33-34(28-19-13-14-20-29(28)39-35(33)36)42(30)25-16-15-24-37-31(43)22-23-32(44)41-38-26-27-17-11-9-7-5-4-6-8-10-12-18-27/h4-14,17-20,38H,2-3,15-16,21-26H2,1H3,(H2,36,39)(H,37,43)(H,41,44)/b5-4-,6-4?,7-5?,8-6-,9-7-,10-8?,11-9?,12-10-,17-11?,18-12?,27-17?,27-18?. The smallest absolute Gasteiger partial charge is 0.234 e. The summed E-state index contributed by atoms with van der Waals surface area (Å²) < 4.78 is 2.28. The third-order valence-electron chi connectivity index (χ3n) is 7.18. The maximum atomic E-state index is 12.4. The summed E-state index contributed by atoms with van der Waals surface area (Å²) in [7, 11) is 0. The molecule has 44 heavy (non-hydrogen) atoms. The number of nitrogens with one attached hydrogen (secondary N) is 3. The number of carbonyl (C=O) groups is 2. The number of aryl methyl sites for hydroxylation is 2. The van der Waals surface area contributed by atoms with Crippen molar-refractivity contribution in [2.75, 3.05) is 18.8 Å². The van der Waals surface area contributed by atoms with E-state index in [-0.39, 0.29) is 24.7 Å². The molecule has 0 unspecified atom stereocenters. The molecule has 2 amide bonds. The molecule has 9 heteroatoms. The normalized spacial score (nSPS) is 16.1. The summed E-state index contributed by atoms with van der Waals surface area (Å²) in [6.07, 6.45) is 26.4. The molecule has 0 atom stereocenters. The van der Waals surface area contributed by atoms with Crippen molar-refractivity contribution in [1.82, 2.24) is 30.7 Å². The van der Waals surface area contributed by atoms with Crippen molar-refractivity contribution in [2.24, 2.45) is 0 Å². The van der Waals surface area contributed by atoms with Crippen LogP contribution < -0.4 is 21.9 Å². The summed E-state index contributed by atoms with van der Waals surface area (Å²) in [5.41, 5.74) is 15.6. The second-order valence-electron chi connectivity index (χ2n) is 10.6. The van der Waals surface area contributed by atoms with Gasteiger partial charge in [0, 0.05) is 44.3 Å². The van der Waals surface area contributed by atoms with E-state index >= 15 is 0 Å². The Bertz CT molecular complexity index is 1610. The Morgan fingerprint density at radius 1 is 0.864 bits per heavy atom. The number of nitrogens with zero attached hydrogens (tertiary/aromatic N) is 3. The number of hydrogen-bond acceptors (Lipinski definition) is 6. The highest BCUT2D eigenvalue weighted by atomic mass is 16.2. The van der Waals surface area contributed by atoms with E-state index in [1.54, 1.807) is 0 Å². The SMILES string of the molecule is CCCCc1nc2c(N)nc3ccccc3c2n1CCCCNC(=O)CCC(=O)NNCC1=C\C=C/C=C\C=C/C=C\C=C1. The molecule has 2 heterocycles. The highest BCUT2D eigenvalue weighted by molar-refractivity contribution is 6.06. The van der Waals surface area contributed by atoms with Crippen LogP contribution in [0.15, 0.2) is 96.7 Å². The van der Waals surface area contributed by atoms with E-state index in [1.165, 1.54) is 0 Å². The lowest BCUT2D eigenvalue weighted by Gasteiger charge is -2.11. The summed E-state index contributed by atoms with van der Waals surface area (Å²) in [5, 5.41) is 4.00. The molecule has 0 radical (unpaired) electrons. The molecule has 5 N–H and O–H groups in total. The number of para-hydroxylation sites is 1. The molecular weight excluding hydrogens is 550 g/mol. The molecule has 0 saturated heterocycles. The number of amides is 2. The minimum atomic E-state index is -0.228. The number of aromatic nitrogens is 3. The Hall–Kier alpha value is -4.76. The Kier molecular flexibility index (Phi) is 12.7. The Labute approximate surface area is 259 Å². The van der Waals surface area contributed by atoms with Crippen LogP contribution >= 0.6 is 0 Å². The number of hydrogen-bond donors (Lipinski definition) is 4. The topological polar surface area (TPSA) is 127 Å². The average molecular weight is 594 g/mol. The van der Waals surface area contributed by atoms with Gasteiger partial charge < -0.3 is 15.6 Å². The zero-order valence-corrected chi connectivity index (χ0v) is 25.5. The first-order valence-corrected chi connectivity index (χ1v) is 15.4. The van der Waals surface area contributed by atoms with Crippen LogP contribution in [0.4, 0.5) is 5.82 Å². The molecule has 2 aromatic heterocycles. The van der Waals surface area contributed by atoms with Crippen LogP contribution in [0.3, 0.4) is 0 Å². The molecule has 230 valence electrons. The molecule has 1 aliphatic carbocycles. The van der Waals surface area contributed by atoms with E-state index in [9.17, 15) is 9.59 Å². The summed E-state index contributed by atoms with van der Waals surface area (Å²) in [6.45, 7) is 3.95. The van der Waals surface area contributed by atoms with Gasteiger partial charge in [-0.25, -0.2) is 15.4 Å². The zero-order chi connectivity index (χ0) is 31.0. The number of nitrogen functional groups attached to an aromatic ring is 1. The van der Waals surface area contributed by atoms with Crippen molar-refractivity contribution >= 4 is 39.6 Å². The summed E-state index contributed by atoms with van der Waals surface area (Å²) in [5.74, 6) is 1.12. The first-order chi connectivity index (χ1) is 21.6. The second kappa shape index (κ2) is 17.4. The fourth-order valence-corrected chi connectivity index (χ4v) is 4.90. The second-order valence-corrected chi connectivity index (χ2v) is 10.6. The average Bonchev–Trinajstić information content (AvgIpc) is 3.39. The largest absolute Gasteiger partial charge is 0.382 e. The highest BCUT2D eigenvalue weighted by Gasteiger charge is 2.17. The van der Waals surface area contributed by atoms with Crippen molar-refractivity contribution in [3.63, 3.8) is 0 Å². The third-order valence-corrected chi connectivity index (χ3v) is 7.18. The number of fused-ring (bicyclic) bond motifs is 3. The van der Waals surface area contributed by atoms with Gasteiger partial charge >= 0.3 is 0 Å². The highest BCUT2D eigenvalue weighted by Crippen LogP contribution is 2.29. The lowest BCUT2D eigenvalue weighted by Crippen LogP contribution is -2.39. The fourth-order valence-electron chi connectivity index (χ4n) is 4.90. The lowest BCUT2D eigenvalue weighted by molar-refractivity contribution is -0.126. The molecule has 1 aromatic carbocycles. The molecule has 1 aliphatic rings. The van der Waals surface area contributed by atoms with Crippen LogP contribution in [0.1, 0.15) is 51.3 Å². The molecule has 0 bridgehead atoms. The van der Waals surface area contributed by atoms with E-state index in [2.05, 4.69) is 38.7 Å². The number of imidazole rings is 1. The summed E-state index contributed by atoms with van der Waals surface area (Å²) in [4.78, 5) is 34.1. The van der Waals surface area contributed by atoms with E-state index < -0.39 is 0 Å². The third kappa shape index (κ3) is 9.64. The van der Waals surface area contributed by atoms with Crippen LogP contribution in [0.25, 0.3) is 21.9 Å². The van der Waals surface area contributed by atoms with E-state index in [0.29, 0.717) is 18.9 Å². The molecule has 0 spiro atoms. The van der Waals surface area contributed by atoms with Crippen molar-refractivity contribution in [3.8, 4) is 0 Å². The minimum Gasteiger partial charge on any atom is -0.382 e. The van der Waals surface area contributed by atoms with Crippen LogP contribution in [0.2, 0.25) is 0 Å². The molecule has 3 aromatic rings. The van der Waals surface area contributed by atoms with Crippen LogP contribution in [-0.4, -0.2) is 39.4 Å². The fraction of sp³-hybridized carbons (Fsp3) is 0.314. The quantitative estimate of drug-likeness (QED) is 0.144. The van der Waals surface area contributed by atoms with E-state index in [0.717, 1.165) is 72.0 Å². The van der Waals surface area contributed by atoms with Gasteiger partial charge in [0.25, 0.3) is 0 Å². The van der Waals surface area contributed by atoms with Gasteiger partial charge in [-0.2, -0.15) is 0 Å². The van der Waals surface area contributed by atoms with Gasteiger partial charge in [0.2, 0.25) is 11.8 Å². The Morgan fingerprint density at radius 3 is 2.39 bits per heavy atom. The number of rotatable bonds is 14. The predicted molar refractivity (Wildman–Crippen MR) is 179 cm³/mol. The van der Waals surface area contributed by atoms with Gasteiger partial charge in [0.1, 0.15) is 11.3 Å². The molecule has 4 rings (SSSR count). The molecule has 9 nitrogen and oxygen atoms in total. The van der Waals surface area contributed by atoms with Crippen molar-refractivity contribution in [3.05, 3.63) is 102 Å². The number of hydrazine groups is 1. The summed E-state index contributed by atoms with van der Waals surface area (Å²) in [6, 6.07) is 8.02. The number of nitrogens with two attached hydrogens (primary N) is 1. The van der Waals surface area contributed by atoms with Gasteiger partial charge in [0.15, 0.2) is 5.82 Å². The Balaban J connectivity index is 1.20. The zero-order valence-electron chi connectivity index (χ0n) is 25.5.